The number of aliphatic hydroxyl groups is 1. The predicted molar refractivity (Wildman–Crippen MR) is 69.0 cm³/mol. The number of carbonyl (C=O) groups excluding carboxylic acids is 1. The van der Waals surface area contributed by atoms with Crippen LogP contribution in [0, 0.1) is 12.3 Å². The summed E-state index contributed by atoms with van der Waals surface area (Å²) in [6, 6.07) is 7.00. The zero-order valence-electron chi connectivity index (χ0n) is 10.5. The molecule has 2 atom stereocenters. The summed E-state index contributed by atoms with van der Waals surface area (Å²) in [5.41, 5.74) is 0.740. The van der Waals surface area contributed by atoms with E-state index in [-0.39, 0.29) is 12.5 Å². The van der Waals surface area contributed by atoms with E-state index in [4.69, 9.17) is 11.2 Å². The Morgan fingerprint density at radius 3 is 2.89 bits per heavy atom. The topological polar surface area (TPSA) is 58.6 Å². The zero-order chi connectivity index (χ0) is 13.5. The van der Waals surface area contributed by atoms with Crippen LogP contribution in [0.3, 0.4) is 0 Å². The molecular weight excluding hydrogens is 230 g/mol. The van der Waals surface area contributed by atoms with E-state index in [2.05, 4.69) is 11.2 Å². The summed E-state index contributed by atoms with van der Waals surface area (Å²) in [4.78, 5) is 11.5. The Labute approximate surface area is 107 Å². The van der Waals surface area contributed by atoms with E-state index < -0.39 is 12.2 Å². The van der Waals surface area contributed by atoms with Gasteiger partial charge in [-0.2, -0.15) is 0 Å². The molecule has 0 spiro atoms. The molecule has 0 fully saturated rings. The predicted octanol–water partition coefficient (Wildman–Crippen LogP) is 1.26. The number of aliphatic hydroxyl groups excluding tert-OH is 1. The monoisotopic (exact) mass is 247 g/mol. The summed E-state index contributed by atoms with van der Waals surface area (Å²) in [7, 11) is 0. The van der Waals surface area contributed by atoms with Crippen LogP contribution in [0.1, 0.15) is 25.5 Å². The van der Waals surface area contributed by atoms with Gasteiger partial charge in [-0.05, 0) is 31.5 Å². The number of hydrogen-bond acceptors (Lipinski definition) is 3. The van der Waals surface area contributed by atoms with Crippen LogP contribution in [0.15, 0.2) is 24.3 Å². The third-order valence-corrected chi connectivity index (χ3v) is 2.39. The standard InChI is InChI=1S/C14H17NO3/c1-4-8-15-14(17)11(3)18-13-7-5-6-12(9-13)10(2)16/h1,5-7,9-11,16H,8H2,2-3H3,(H,15,17). The van der Waals surface area contributed by atoms with Gasteiger partial charge < -0.3 is 15.2 Å². The van der Waals surface area contributed by atoms with Crippen LogP contribution >= 0.6 is 0 Å². The van der Waals surface area contributed by atoms with Crippen molar-refractivity contribution in [3.05, 3.63) is 29.8 Å². The van der Waals surface area contributed by atoms with Crippen molar-refractivity contribution in [1.29, 1.82) is 0 Å². The number of amides is 1. The van der Waals surface area contributed by atoms with E-state index in [1.165, 1.54) is 0 Å². The fraction of sp³-hybridized carbons (Fsp3) is 0.357. The SMILES string of the molecule is C#CCNC(=O)C(C)Oc1cccc(C(C)O)c1. The van der Waals surface area contributed by atoms with Crippen molar-refractivity contribution in [2.24, 2.45) is 0 Å². The van der Waals surface area contributed by atoms with Gasteiger partial charge in [0, 0.05) is 0 Å². The summed E-state index contributed by atoms with van der Waals surface area (Å²) < 4.78 is 5.47. The summed E-state index contributed by atoms with van der Waals surface area (Å²) in [6.07, 6.45) is 3.84. The van der Waals surface area contributed by atoms with Gasteiger partial charge in [0.2, 0.25) is 0 Å². The number of carbonyl (C=O) groups is 1. The lowest BCUT2D eigenvalue weighted by Gasteiger charge is -2.15. The molecule has 1 amide bonds. The van der Waals surface area contributed by atoms with Gasteiger partial charge in [-0.1, -0.05) is 18.1 Å². The van der Waals surface area contributed by atoms with Crippen LogP contribution in [-0.2, 0) is 4.79 Å². The van der Waals surface area contributed by atoms with Gasteiger partial charge >= 0.3 is 0 Å². The first-order valence-electron chi connectivity index (χ1n) is 5.70. The summed E-state index contributed by atoms with van der Waals surface area (Å²) in [5, 5.41) is 12.0. The van der Waals surface area contributed by atoms with Crippen molar-refractivity contribution in [1.82, 2.24) is 5.32 Å². The first-order chi connectivity index (χ1) is 8.54. The van der Waals surface area contributed by atoms with Gasteiger partial charge in [0.05, 0.1) is 12.6 Å². The van der Waals surface area contributed by atoms with Crippen molar-refractivity contribution in [2.75, 3.05) is 6.54 Å². The Morgan fingerprint density at radius 1 is 1.56 bits per heavy atom. The molecule has 1 aromatic carbocycles. The highest BCUT2D eigenvalue weighted by molar-refractivity contribution is 5.80. The van der Waals surface area contributed by atoms with Gasteiger partial charge in [0.25, 0.3) is 5.91 Å². The fourth-order valence-electron chi connectivity index (χ4n) is 1.39. The highest BCUT2D eigenvalue weighted by atomic mass is 16.5. The van der Waals surface area contributed by atoms with E-state index in [9.17, 15) is 9.90 Å². The molecule has 2 N–H and O–H groups in total. The van der Waals surface area contributed by atoms with E-state index in [0.29, 0.717) is 5.75 Å². The Balaban J connectivity index is 2.64. The largest absolute Gasteiger partial charge is 0.481 e. The van der Waals surface area contributed by atoms with Crippen LogP contribution in [0.25, 0.3) is 0 Å². The van der Waals surface area contributed by atoms with Gasteiger partial charge in [0.15, 0.2) is 6.10 Å². The molecule has 0 saturated carbocycles. The lowest BCUT2D eigenvalue weighted by molar-refractivity contribution is -0.126. The van der Waals surface area contributed by atoms with Crippen molar-refractivity contribution < 1.29 is 14.6 Å². The second-order valence-electron chi connectivity index (χ2n) is 3.93. The maximum absolute atomic E-state index is 11.5. The van der Waals surface area contributed by atoms with E-state index in [0.717, 1.165) is 5.56 Å². The van der Waals surface area contributed by atoms with Crippen LogP contribution < -0.4 is 10.1 Å². The lowest BCUT2D eigenvalue weighted by Crippen LogP contribution is -2.36. The van der Waals surface area contributed by atoms with Crippen LogP contribution in [0.4, 0.5) is 0 Å². The van der Waals surface area contributed by atoms with Gasteiger partial charge in [-0.25, -0.2) is 0 Å². The highest BCUT2D eigenvalue weighted by Crippen LogP contribution is 2.19. The van der Waals surface area contributed by atoms with Crippen LogP contribution in [-0.4, -0.2) is 23.7 Å². The molecular formula is C14H17NO3. The second-order valence-corrected chi connectivity index (χ2v) is 3.93. The second kappa shape index (κ2) is 6.67. The third kappa shape index (κ3) is 4.11. The normalized spacial score (nSPS) is 13.2. The lowest BCUT2D eigenvalue weighted by atomic mass is 10.1. The number of benzene rings is 1. The molecule has 0 aliphatic rings. The average Bonchev–Trinajstić information content (AvgIpc) is 2.36. The van der Waals surface area contributed by atoms with Crippen LogP contribution in [0.2, 0.25) is 0 Å². The molecule has 0 heterocycles. The molecule has 1 aromatic rings. The maximum atomic E-state index is 11.5. The smallest absolute Gasteiger partial charge is 0.261 e. The van der Waals surface area contributed by atoms with Crippen LogP contribution in [0.5, 0.6) is 5.75 Å². The Morgan fingerprint density at radius 2 is 2.28 bits per heavy atom. The van der Waals surface area contributed by atoms with E-state index in [1.54, 1.807) is 38.1 Å². The first-order valence-corrected chi connectivity index (χ1v) is 5.70. The molecule has 0 saturated heterocycles. The maximum Gasteiger partial charge on any atom is 0.261 e. The molecule has 18 heavy (non-hydrogen) atoms. The first kappa shape index (κ1) is 14.1. The third-order valence-electron chi connectivity index (χ3n) is 2.39. The number of terminal acetylenes is 1. The van der Waals surface area contributed by atoms with Crippen molar-refractivity contribution >= 4 is 5.91 Å². The zero-order valence-corrected chi connectivity index (χ0v) is 10.5. The fourth-order valence-corrected chi connectivity index (χ4v) is 1.39. The average molecular weight is 247 g/mol. The molecule has 0 aliphatic heterocycles. The van der Waals surface area contributed by atoms with E-state index >= 15 is 0 Å². The summed E-state index contributed by atoms with van der Waals surface area (Å²) >= 11 is 0. The van der Waals surface area contributed by atoms with Gasteiger partial charge in [0.1, 0.15) is 5.75 Å². The number of rotatable bonds is 5. The molecule has 96 valence electrons. The quantitative estimate of drug-likeness (QED) is 0.770. The van der Waals surface area contributed by atoms with Gasteiger partial charge in [-0.3, -0.25) is 4.79 Å². The van der Waals surface area contributed by atoms with Crippen molar-refractivity contribution in [3.8, 4) is 18.1 Å². The summed E-state index contributed by atoms with van der Waals surface area (Å²) in [6.45, 7) is 3.49. The Bertz CT molecular complexity index is 449. The number of hydrogen-bond donors (Lipinski definition) is 2. The van der Waals surface area contributed by atoms with E-state index in [1.807, 2.05) is 0 Å². The Kier molecular flexibility index (Phi) is 5.22. The molecule has 2 unspecified atom stereocenters. The molecule has 0 radical (unpaired) electrons. The minimum atomic E-state index is -0.636. The number of ether oxygens (including phenoxy) is 1. The molecule has 0 bridgehead atoms. The summed E-state index contributed by atoms with van der Waals surface area (Å²) in [5.74, 6) is 2.59. The van der Waals surface area contributed by atoms with Crippen molar-refractivity contribution in [3.63, 3.8) is 0 Å². The highest BCUT2D eigenvalue weighted by Gasteiger charge is 2.14. The molecule has 4 nitrogen and oxygen atoms in total. The minimum Gasteiger partial charge on any atom is -0.481 e. The van der Waals surface area contributed by atoms with Gasteiger partial charge in [-0.15, -0.1) is 6.42 Å². The molecule has 4 heteroatoms. The molecule has 0 aliphatic carbocycles. The van der Waals surface area contributed by atoms with Crippen molar-refractivity contribution in [2.45, 2.75) is 26.1 Å². The minimum absolute atomic E-state index is 0.181. The molecule has 0 aromatic heterocycles. The molecule has 1 rings (SSSR count). The Hall–Kier alpha value is -1.99. The number of nitrogens with one attached hydrogen (secondary N) is 1.